The van der Waals surface area contributed by atoms with Gasteiger partial charge in [-0.15, -0.1) is 0 Å². The summed E-state index contributed by atoms with van der Waals surface area (Å²) >= 11 is 0. The Morgan fingerprint density at radius 2 is 1.54 bits per heavy atom. The average Bonchev–Trinajstić information content (AvgIpc) is 2.93. The van der Waals surface area contributed by atoms with Crippen LogP contribution < -0.4 is 0 Å². The molecule has 0 aromatic heterocycles. The molecule has 3 rings (SSSR count). The maximum Gasteiger partial charge on any atom is 0.336 e. The number of amides is 2. The summed E-state index contributed by atoms with van der Waals surface area (Å²) < 4.78 is 5.28. The predicted octanol–water partition coefficient (Wildman–Crippen LogP) is 3.96. The number of imide groups is 1. The molecule has 1 aliphatic rings. The highest BCUT2D eigenvalue weighted by atomic mass is 16.5. The molecular formula is C23H25NO4. The zero-order valence-corrected chi connectivity index (χ0v) is 16.7. The summed E-state index contributed by atoms with van der Waals surface area (Å²) in [6, 6.07) is 14.1. The van der Waals surface area contributed by atoms with Crippen molar-refractivity contribution in [1.82, 2.24) is 4.90 Å². The molecule has 146 valence electrons. The van der Waals surface area contributed by atoms with Crippen molar-refractivity contribution in [3.63, 3.8) is 0 Å². The SMILES string of the molecule is CCOC(=O)C(C)(c1ccc(CC(C)C)cc1)N1C(=O)c2ccccc2C1=O. The molecule has 0 fully saturated rings. The molecule has 0 radical (unpaired) electrons. The third-order valence-electron chi connectivity index (χ3n) is 5.07. The minimum atomic E-state index is -1.54. The standard InChI is InChI=1S/C23H25NO4/c1-5-28-22(27)23(4,17-12-10-16(11-13-17)14-15(2)3)24-20(25)18-8-6-7-9-19(18)21(24)26/h6-13,15H,5,14H2,1-4H3. The van der Waals surface area contributed by atoms with Gasteiger partial charge in [-0.1, -0.05) is 50.2 Å². The third-order valence-corrected chi connectivity index (χ3v) is 5.07. The van der Waals surface area contributed by atoms with Gasteiger partial charge in [-0.25, -0.2) is 4.79 Å². The van der Waals surface area contributed by atoms with Crippen LogP contribution in [0.15, 0.2) is 48.5 Å². The number of carbonyl (C=O) groups excluding carboxylic acids is 3. The smallest absolute Gasteiger partial charge is 0.336 e. The predicted molar refractivity (Wildman–Crippen MR) is 106 cm³/mol. The van der Waals surface area contributed by atoms with Gasteiger partial charge in [0.05, 0.1) is 17.7 Å². The fourth-order valence-electron chi connectivity index (χ4n) is 3.64. The number of carbonyl (C=O) groups is 3. The lowest BCUT2D eigenvalue weighted by molar-refractivity contribution is -0.154. The van der Waals surface area contributed by atoms with E-state index < -0.39 is 23.3 Å². The zero-order valence-electron chi connectivity index (χ0n) is 16.7. The molecule has 0 aliphatic carbocycles. The van der Waals surface area contributed by atoms with Crippen molar-refractivity contribution in [2.45, 2.75) is 39.7 Å². The van der Waals surface area contributed by atoms with E-state index in [1.807, 2.05) is 12.1 Å². The van der Waals surface area contributed by atoms with Crippen molar-refractivity contribution >= 4 is 17.8 Å². The van der Waals surface area contributed by atoms with E-state index in [2.05, 4.69) is 13.8 Å². The number of rotatable bonds is 6. The molecule has 0 saturated carbocycles. The molecule has 1 heterocycles. The van der Waals surface area contributed by atoms with Crippen LogP contribution in [0.25, 0.3) is 0 Å². The maximum atomic E-state index is 13.0. The minimum absolute atomic E-state index is 0.156. The maximum absolute atomic E-state index is 13.0. The van der Waals surface area contributed by atoms with Crippen LogP contribution >= 0.6 is 0 Å². The number of hydrogen-bond acceptors (Lipinski definition) is 4. The van der Waals surface area contributed by atoms with Crippen LogP contribution in [0.4, 0.5) is 0 Å². The van der Waals surface area contributed by atoms with Crippen molar-refractivity contribution in [2.75, 3.05) is 6.61 Å². The molecule has 0 bridgehead atoms. The van der Waals surface area contributed by atoms with Gasteiger partial charge in [-0.2, -0.15) is 0 Å². The summed E-state index contributed by atoms with van der Waals surface area (Å²) in [5.74, 6) is -1.09. The molecule has 0 spiro atoms. The monoisotopic (exact) mass is 379 g/mol. The lowest BCUT2D eigenvalue weighted by atomic mass is 9.88. The number of benzene rings is 2. The number of hydrogen-bond donors (Lipinski definition) is 0. The van der Waals surface area contributed by atoms with Gasteiger partial charge in [0.1, 0.15) is 0 Å². The summed E-state index contributed by atoms with van der Waals surface area (Å²) in [7, 11) is 0. The van der Waals surface area contributed by atoms with E-state index in [4.69, 9.17) is 4.74 Å². The first-order valence-corrected chi connectivity index (χ1v) is 9.55. The van der Waals surface area contributed by atoms with Gasteiger partial charge in [-0.3, -0.25) is 14.5 Å². The molecule has 1 aliphatic heterocycles. The van der Waals surface area contributed by atoms with Crippen LogP contribution in [-0.4, -0.2) is 29.3 Å². The fourth-order valence-corrected chi connectivity index (χ4v) is 3.64. The van der Waals surface area contributed by atoms with Crippen molar-refractivity contribution in [3.05, 3.63) is 70.8 Å². The Morgan fingerprint density at radius 3 is 2.00 bits per heavy atom. The molecule has 0 saturated heterocycles. The Morgan fingerprint density at radius 1 is 1.00 bits per heavy atom. The molecule has 2 aromatic carbocycles. The van der Waals surface area contributed by atoms with Crippen LogP contribution in [0, 0.1) is 5.92 Å². The summed E-state index contributed by atoms with van der Waals surface area (Å²) in [6.45, 7) is 7.70. The quantitative estimate of drug-likeness (QED) is 0.563. The molecule has 0 N–H and O–H groups in total. The Balaban J connectivity index is 2.08. The number of fused-ring (bicyclic) bond motifs is 1. The van der Waals surface area contributed by atoms with E-state index in [0.29, 0.717) is 22.6 Å². The van der Waals surface area contributed by atoms with Gasteiger partial charge in [0, 0.05) is 0 Å². The van der Waals surface area contributed by atoms with Gasteiger partial charge in [-0.05, 0) is 49.4 Å². The van der Waals surface area contributed by atoms with Gasteiger partial charge in [0.25, 0.3) is 11.8 Å². The number of ether oxygens (including phenoxy) is 1. The highest BCUT2D eigenvalue weighted by Crippen LogP contribution is 2.37. The molecule has 1 atom stereocenters. The fraction of sp³-hybridized carbons (Fsp3) is 0.348. The number of nitrogens with zero attached hydrogens (tertiary/aromatic N) is 1. The molecule has 5 heteroatoms. The van der Waals surface area contributed by atoms with Crippen molar-refractivity contribution in [1.29, 1.82) is 0 Å². The second kappa shape index (κ2) is 7.58. The lowest BCUT2D eigenvalue weighted by Gasteiger charge is -2.35. The van der Waals surface area contributed by atoms with Gasteiger partial charge >= 0.3 is 5.97 Å². The molecule has 28 heavy (non-hydrogen) atoms. The molecule has 2 aromatic rings. The lowest BCUT2D eigenvalue weighted by Crippen LogP contribution is -2.53. The Bertz CT molecular complexity index is 881. The summed E-state index contributed by atoms with van der Waals surface area (Å²) in [4.78, 5) is 40.1. The average molecular weight is 379 g/mol. The van der Waals surface area contributed by atoms with Crippen LogP contribution in [0.3, 0.4) is 0 Å². The van der Waals surface area contributed by atoms with Gasteiger partial charge in [0.2, 0.25) is 0 Å². The third kappa shape index (κ3) is 3.21. The second-order valence-electron chi connectivity index (χ2n) is 7.58. The molecule has 1 unspecified atom stereocenters. The van der Waals surface area contributed by atoms with Crippen LogP contribution in [0.2, 0.25) is 0 Å². The van der Waals surface area contributed by atoms with E-state index in [9.17, 15) is 14.4 Å². The largest absolute Gasteiger partial charge is 0.464 e. The van der Waals surface area contributed by atoms with Crippen molar-refractivity contribution in [2.24, 2.45) is 5.92 Å². The summed E-state index contributed by atoms with van der Waals surface area (Å²) in [6.07, 6.45) is 0.906. The van der Waals surface area contributed by atoms with E-state index in [1.54, 1.807) is 50.2 Å². The summed E-state index contributed by atoms with van der Waals surface area (Å²) in [5, 5.41) is 0. The van der Waals surface area contributed by atoms with E-state index in [1.165, 1.54) is 0 Å². The van der Waals surface area contributed by atoms with Crippen molar-refractivity contribution in [3.8, 4) is 0 Å². The van der Waals surface area contributed by atoms with Crippen LogP contribution in [0.1, 0.15) is 59.5 Å². The van der Waals surface area contributed by atoms with Crippen LogP contribution in [0.5, 0.6) is 0 Å². The summed E-state index contributed by atoms with van der Waals surface area (Å²) in [5.41, 5.74) is 0.749. The first-order chi connectivity index (χ1) is 13.3. The van der Waals surface area contributed by atoms with Crippen LogP contribution in [-0.2, 0) is 21.5 Å². The normalized spacial score (nSPS) is 15.5. The van der Waals surface area contributed by atoms with Gasteiger partial charge in [0.15, 0.2) is 5.54 Å². The van der Waals surface area contributed by atoms with E-state index in [-0.39, 0.29) is 6.61 Å². The zero-order chi connectivity index (χ0) is 20.5. The van der Waals surface area contributed by atoms with Crippen molar-refractivity contribution < 1.29 is 19.1 Å². The second-order valence-corrected chi connectivity index (χ2v) is 7.58. The molecule has 2 amide bonds. The number of esters is 1. The topological polar surface area (TPSA) is 63.7 Å². The highest BCUT2D eigenvalue weighted by Gasteiger charge is 2.52. The van der Waals surface area contributed by atoms with Gasteiger partial charge < -0.3 is 4.74 Å². The highest BCUT2D eigenvalue weighted by molar-refractivity contribution is 6.23. The first-order valence-electron chi connectivity index (χ1n) is 9.55. The Labute approximate surface area is 165 Å². The van der Waals surface area contributed by atoms with E-state index in [0.717, 1.165) is 16.9 Å². The molecule has 5 nitrogen and oxygen atoms in total. The molecular weight excluding hydrogens is 354 g/mol. The first kappa shape index (κ1) is 19.8. The Kier molecular flexibility index (Phi) is 5.36. The minimum Gasteiger partial charge on any atom is -0.464 e. The van der Waals surface area contributed by atoms with E-state index >= 15 is 0 Å². The Hall–Kier alpha value is -2.95.